The zero-order valence-electron chi connectivity index (χ0n) is 15.5. The van der Waals surface area contributed by atoms with Crippen LogP contribution in [0, 0.1) is 0 Å². The molecular weight excluding hydrogens is 378 g/mol. The monoisotopic (exact) mass is 399 g/mol. The Hall–Kier alpha value is -2.60. The van der Waals surface area contributed by atoms with Crippen LogP contribution >= 0.6 is 11.6 Å². The molecule has 7 heteroatoms. The summed E-state index contributed by atoms with van der Waals surface area (Å²) in [6, 6.07) is 8.85. The Labute approximate surface area is 168 Å². The SMILES string of the molecule is O=C(CCCN1C(=O)c2cccnc2Oc2ccc(Cl)cc21)NC1CCCC1. The summed E-state index contributed by atoms with van der Waals surface area (Å²) >= 11 is 6.16. The Balaban J connectivity index is 1.50. The second-order valence-corrected chi connectivity index (χ2v) is 7.62. The van der Waals surface area contributed by atoms with Crippen LogP contribution in [0.3, 0.4) is 0 Å². The van der Waals surface area contributed by atoms with Crippen molar-refractivity contribution in [3.63, 3.8) is 0 Å². The fraction of sp³-hybridized carbons (Fsp3) is 0.381. The smallest absolute Gasteiger partial charge is 0.263 e. The number of hydrogen-bond donors (Lipinski definition) is 1. The van der Waals surface area contributed by atoms with Crippen molar-refractivity contribution in [3.05, 3.63) is 47.1 Å². The molecule has 1 N–H and O–H groups in total. The molecular formula is C21H22ClN3O3. The van der Waals surface area contributed by atoms with Crippen LogP contribution in [-0.4, -0.2) is 29.4 Å². The molecule has 1 aliphatic carbocycles. The fourth-order valence-electron chi connectivity index (χ4n) is 3.77. The van der Waals surface area contributed by atoms with Crippen LogP contribution < -0.4 is 15.0 Å². The number of carbonyl (C=O) groups is 2. The number of carbonyl (C=O) groups excluding carboxylic acids is 2. The Morgan fingerprint density at radius 2 is 2.11 bits per heavy atom. The highest BCUT2D eigenvalue weighted by atomic mass is 35.5. The number of amides is 2. The molecule has 0 unspecified atom stereocenters. The van der Waals surface area contributed by atoms with E-state index in [9.17, 15) is 9.59 Å². The second kappa shape index (κ2) is 8.19. The molecule has 0 spiro atoms. The third kappa shape index (κ3) is 3.97. The van der Waals surface area contributed by atoms with Crippen molar-refractivity contribution in [2.24, 2.45) is 0 Å². The van der Waals surface area contributed by atoms with E-state index < -0.39 is 0 Å². The van der Waals surface area contributed by atoms with Crippen molar-refractivity contribution >= 4 is 29.1 Å². The Kier molecular flexibility index (Phi) is 5.48. The molecule has 4 rings (SSSR count). The van der Waals surface area contributed by atoms with E-state index in [1.54, 1.807) is 41.4 Å². The van der Waals surface area contributed by atoms with Gasteiger partial charge in [-0.1, -0.05) is 24.4 Å². The van der Waals surface area contributed by atoms with Crippen LogP contribution in [0.5, 0.6) is 11.6 Å². The van der Waals surface area contributed by atoms with Crippen molar-refractivity contribution in [1.29, 1.82) is 0 Å². The minimum atomic E-state index is -0.208. The van der Waals surface area contributed by atoms with Crippen LogP contribution in [0.15, 0.2) is 36.5 Å². The molecule has 0 bridgehead atoms. The first-order valence-electron chi connectivity index (χ1n) is 9.65. The van der Waals surface area contributed by atoms with Crippen LogP contribution in [0.1, 0.15) is 48.9 Å². The number of rotatable bonds is 5. The summed E-state index contributed by atoms with van der Waals surface area (Å²) in [7, 11) is 0. The highest BCUT2D eigenvalue weighted by Crippen LogP contribution is 2.39. The molecule has 6 nitrogen and oxygen atoms in total. The van der Waals surface area contributed by atoms with Gasteiger partial charge in [-0.2, -0.15) is 0 Å². The van der Waals surface area contributed by atoms with Crippen molar-refractivity contribution in [3.8, 4) is 11.6 Å². The predicted octanol–water partition coefficient (Wildman–Crippen LogP) is 4.33. The van der Waals surface area contributed by atoms with Gasteiger partial charge in [0.05, 0.1) is 5.69 Å². The van der Waals surface area contributed by atoms with Gasteiger partial charge in [0.1, 0.15) is 5.56 Å². The molecule has 2 aromatic rings. The van der Waals surface area contributed by atoms with Crippen molar-refractivity contribution < 1.29 is 14.3 Å². The van der Waals surface area contributed by atoms with Gasteiger partial charge < -0.3 is 15.0 Å². The summed E-state index contributed by atoms with van der Waals surface area (Å²) in [5.74, 6) is 0.627. The number of hydrogen-bond acceptors (Lipinski definition) is 4. The van der Waals surface area contributed by atoms with Gasteiger partial charge in [-0.3, -0.25) is 9.59 Å². The maximum absolute atomic E-state index is 13.1. The Morgan fingerprint density at radius 1 is 1.29 bits per heavy atom. The molecule has 0 saturated heterocycles. The minimum Gasteiger partial charge on any atom is -0.436 e. The summed E-state index contributed by atoms with van der Waals surface area (Å²) in [5, 5.41) is 3.60. The Morgan fingerprint density at radius 3 is 2.93 bits per heavy atom. The summed E-state index contributed by atoms with van der Waals surface area (Å²) in [6.07, 6.45) is 6.98. The number of benzene rings is 1. The fourth-order valence-corrected chi connectivity index (χ4v) is 3.94. The number of nitrogens with zero attached hydrogens (tertiary/aromatic N) is 2. The van der Waals surface area contributed by atoms with Crippen molar-refractivity contribution in [1.82, 2.24) is 10.3 Å². The number of fused-ring (bicyclic) bond motifs is 2. The number of halogens is 1. The lowest BCUT2D eigenvalue weighted by molar-refractivity contribution is -0.121. The lowest BCUT2D eigenvalue weighted by atomic mass is 10.2. The van der Waals surface area contributed by atoms with Crippen molar-refractivity contribution in [2.45, 2.75) is 44.6 Å². The lowest BCUT2D eigenvalue weighted by Gasteiger charge is -2.22. The van der Waals surface area contributed by atoms with Gasteiger partial charge in [-0.05, 0) is 49.6 Å². The largest absolute Gasteiger partial charge is 0.436 e. The normalized spacial score (nSPS) is 16.2. The van der Waals surface area contributed by atoms with Gasteiger partial charge in [0.25, 0.3) is 5.91 Å². The standard InChI is InChI=1S/C21H22ClN3O3/c22-14-9-10-18-17(13-14)25(21(27)16-7-3-11-23-20(16)28-18)12-4-8-19(26)24-15-5-1-2-6-15/h3,7,9-11,13,15H,1-2,4-6,8,12H2,(H,24,26). The van der Waals surface area contributed by atoms with E-state index in [0.29, 0.717) is 47.5 Å². The van der Waals surface area contributed by atoms with E-state index in [2.05, 4.69) is 10.3 Å². The van der Waals surface area contributed by atoms with Crippen LogP contribution in [-0.2, 0) is 4.79 Å². The third-order valence-corrected chi connectivity index (χ3v) is 5.41. The number of aromatic nitrogens is 1. The van der Waals surface area contributed by atoms with E-state index in [1.807, 2.05) is 0 Å². The molecule has 0 radical (unpaired) electrons. The molecule has 2 aliphatic rings. The molecule has 2 amide bonds. The van der Waals surface area contributed by atoms with Crippen LogP contribution in [0.4, 0.5) is 5.69 Å². The number of anilines is 1. The molecule has 1 aromatic heterocycles. The van der Waals surface area contributed by atoms with E-state index in [-0.39, 0.29) is 17.7 Å². The topological polar surface area (TPSA) is 71.5 Å². The minimum absolute atomic E-state index is 0.0406. The van der Waals surface area contributed by atoms with E-state index in [0.717, 1.165) is 12.8 Å². The molecule has 1 aromatic carbocycles. The van der Waals surface area contributed by atoms with E-state index in [1.165, 1.54) is 12.8 Å². The zero-order valence-corrected chi connectivity index (χ0v) is 16.2. The molecule has 0 atom stereocenters. The summed E-state index contributed by atoms with van der Waals surface area (Å²) < 4.78 is 5.86. The summed E-state index contributed by atoms with van der Waals surface area (Å²) in [6.45, 7) is 0.391. The third-order valence-electron chi connectivity index (χ3n) is 5.17. The number of nitrogens with one attached hydrogen (secondary N) is 1. The highest BCUT2D eigenvalue weighted by molar-refractivity contribution is 6.31. The molecule has 1 fully saturated rings. The average Bonchev–Trinajstić information content (AvgIpc) is 3.16. The molecule has 1 saturated carbocycles. The van der Waals surface area contributed by atoms with Gasteiger partial charge in [0, 0.05) is 30.2 Å². The average molecular weight is 400 g/mol. The van der Waals surface area contributed by atoms with Gasteiger partial charge in [-0.15, -0.1) is 0 Å². The van der Waals surface area contributed by atoms with Gasteiger partial charge >= 0.3 is 0 Å². The summed E-state index contributed by atoms with van der Waals surface area (Å²) in [4.78, 5) is 31.2. The molecule has 146 valence electrons. The Bertz CT molecular complexity index is 896. The highest BCUT2D eigenvalue weighted by Gasteiger charge is 2.29. The second-order valence-electron chi connectivity index (χ2n) is 7.18. The van der Waals surface area contributed by atoms with Crippen LogP contribution in [0.25, 0.3) is 0 Å². The maximum Gasteiger partial charge on any atom is 0.263 e. The zero-order chi connectivity index (χ0) is 19.5. The van der Waals surface area contributed by atoms with Crippen LogP contribution in [0.2, 0.25) is 5.02 Å². The quantitative estimate of drug-likeness (QED) is 0.812. The maximum atomic E-state index is 13.1. The summed E-state index contributed by atoms with van der Waals surface area (Å²) in [5.41, 5.74) is 0.983. The first kappa shape index (κ1) is 18.7. The molecule has 2 heterocycles. The molecule has 1 aliphatic heterocycles. The van der Waals surface area contributed by atoms with Crippen molar-refractivity contribution in [2.75, 3.05) is 11.4 Å². The molecule has 28 heavy (non-hydrogen) atoms. The van der Waals surface area contributed by atoms with Gasteiger partial charge in [0.2, 0.25) is 11.8 Å². The van der Waals surface area contributed by atoms with E-state index >= 15 is 0 Å². The first-order chi connectivity index (χ1) is 13.6. The van der Waals surface area contributed by atoms with E-state index in [4.69, 9.17) is 16.3 Å². The lowest BCUT2D eigenvalue weighted by Crippen LogP contribution is -2.34. The van der Waals surface area contributed by atoms with Gasteiger partial charge in [-0.25, -0.2) is 4.98 Å². The van der Waals surface area contributed by atoms with Gasteiger partial charge in [0.15, 0.2) is 5.75 Å². The first-order valence-corrected chi connectivity index (χ1v) is 10.0. The predicted molar refractivity (Wildman–Crippen MR) is 107 cm³/mol. The number of pyridine rings is 1. The number of ether oxygens (including phenoxy) is 1.